The number of likely N-dealkylation sites (tertiary alicyclic amines) is 1. The Morgan fingerprint density at radius 1 is 1.42 bits per heavy atom. The van der Waals surface area contributed by atoms with Crippen molar-refractivity contribution in [3.05, 3.63) is 29.8 Å². The van der Waals surface area contributed by atoms with E-state index in [0.717, 1.165) is 24.2 Å². The van der Waals surface area contributed by atoms with Crippen LogP contribution in [0.15, 0.2) is 24.3 Å². The van der Waals surface area contributed by atoms with Gasteiger partial charge in [0.25, 0.3) is 5.91 Å². The topological polar surface area (TPSA) is 78.9 Å². The Morgan fingerprint density at radius 2 is 2.25 bits per heavy atom. The highest BCUT2D eigenvalue weighted by molar-refractivity contribution is 5.87. The molecule has 1 aliphatic rings. The summed E-state index contributed by atoms with van der Waals surface area (Å²) >= 11 is 0. The quantitative estimate of drug-likeness (QED) is 0.783. The number of aliphatic hydroxyl groups excluding tert-OH is 1. The third-order valence-electron chi connectivity index (χ3n) is 4.03. The maximum atomic E-state index is 12.0. The molecule has 1 aliphatic heterocycles. The fourth-order valence-electron chi connectivity index (χ4n) is 2.77. The average molecular weight is 334 g/mol. The van der Waals surface area contributed by atoms with Crippen LogP contribution in [0.1, 0.15) is 31.7 Å². The smallest absolute Gasteiger partial charge is 0.251 e. The number of aliphatic hydroxyl groups is 1. The first kappa shape index (κ1) is 18.3. The lowest BCUT2D eigenvalue weighted by atomic mass is 10.1. The maximum Gasteiger partial charge on any atom is 0.251 e. The van der Waals surface area contributed by atoms with E-state index in [1.54, 1.807) is 0 Å². The van der Waals surface area contributed by atoms with Crippen LogP contribution in [0.2, 0.25) is 0 Å². The molecule has 2 N–H and O–H groups in total. The summed E-state index contributed by atoms with van der Waals surface area (Å²) in [5.41, 5.74) is 1.09. The molecule has 24 heavy (non-hydrogen) atoms. The Hall–Kier alpha value is -2.08. The Morgan fingerprint density at radius 3 is 3.04 bits per heavy atom. The van der Waals surface area contributed by atoms with Crippen molar-refractivity contribution in [2.75, 3.05) is 26.2 Å². The maximum absolute atomic E-state index is 12.0. The second-order valence-corrected chi connectivity index (χ2v) is 5.95. The minimum absolute atomic E-state index is 0.00881. The molecule has 6 nitrogen and oxygen atoms in total. The van der Waals surface area contributed by atoms with Crippen molar-refractivity contribution < 1.29 is 19.4 Å². The fraction of sp³-hybridized carbons (Fsp3) is 0.556. The molecule has 1 heterocycles. The molecule has 0 aromatic heterocycles. The molecule has 6 heteroatoms. The third-order valence-corrected chi connectivity index (χ3v) is 4.03. The standard InChI is InChI=1S/C18H26N2O4/c1-2-24-15-7-5-6-14(12-15)9-10-19-17(22)13-20-11-4-3-8-16(21)18(20)23/h5-7,12,16,21H,2-4,8-11,13H2,1H3,(H,19,22). The lowest BCUT2D eigenvalue weighted by Crippen LogP contribution is -2.44. The van der Waals surface area contributed by atoms with Crippen LogP contribution in [-0.2, 0) is 16.0 Å². The lowest BCUT2D eigenvalue weighted by molar-refractivity contribution is -0.142. The minimum Gasteiger partial charge on any atom is -0.494 e. The number of amides is 2. The second-order valence-electron chi connectivity index (χ2n) is 5.95. The minimum atomic E-state index is -0.971. The average Bonchev–Trinajstić information content (AvgIpc) is 2.71. The number of nitrogens with zero attached hydrogens (tertiary/aromatic N) is 1. The Bertz CT molecular complexity index is 562. The molecule has 0 bridgehead atoms. The van der Waals surface area contributed by atoms with Crippen molar-refractivity contribution in [3.8, 4) is 5.75 Å². The van der Waals surface area contributed by atoms with Gasteiger partial charge in [-0.1, -0.05) is 12.1 Å². The van der Waals surface area contributed by atoms with Crippen molar-refractivity contribution in [2.24, 2.45) is 0 Å². The Balaban J connectivity index is 1.76. The van der Waals surface area contributed by atoms with Crippen LogP contribution in [0.5, 0.6) is 5.75 Å². The van der Waals surface area contributed by atoms with Crippen LogP contribution in [0.4, 0.5) is 0 Å². The van der Waals surface area contributed by atoms with E-state index < -0.39 is 6.10 Å². The van der Waals surface area contributed by atoms with Crippen LogP contribution in [-0.4, -0.2) is 54.2 Å². The molecular formula is C18H26N2O4. The summed E-state index contributed by atoms with van der Waals surface area (Å²) in [6, 6.07) is 7.79. The van der Waals surface area contributed by atoms with Gasteiger partial charge in [-0.25, -0.2) is 0 Å². The SMILES string of the molecule is CCOc1cccc(CCNC(=O)CN2CCCCC(O)C2=O)c1. The van der Waals surface area contributed by atoms with E-state index in [2.05, 4.69) is 5.32 Å². The number of carbonyl (C=O) groups is 2. The molecule has 1 aromatic rings. The fourth-order valence-corrected chi connectivity index (χ4v) is 2.77. The van der Waals surface area contributed by atoms with Gasteiger partial charge in [0, 0.05) is 13.1 Å². The first-order valence-corrected chi connectivity index (χ1v) is 8.55. The largest absolute Gasteiger partial charge is 0.494 e. The zero-order chi connectivity index (χ0) is 17.4. The summed E-state index contributed by atoms with van der Waals surface area (Å²) in [5, 5.41) is 12.5. The van der Waals surface area contributed by atoms with Crippen molar-refractivity contribution in [1.82, 2.24) is 10.2 Å². The van der Waals surface area contributed by atoms with E-state index in [-0.39, 0.29) is 18.4 Å². The summed E-state index contributed by atoms with van der Waals surface area (Å²) in [5.74, 6) is 0.288. The number of benzene rings is 1. The van der Waals surface area contributed by atoms with Gasteiger partial charge in [-0.2, -0.15) is 0 Å². The first-order chi connectivity index (χ1) is 11.6. The summed E-state index contributed by atoms with van der Waals surface area (Å²) in [4.78, 5) is 25.4. The van der Waals surface area contributed by atoms with E-state index in [0.29, 0.717) is 32.5 Å². The molecule has 1 fully saturated rings. The number of rotatable bonds is 7. The highest BCUT2D eigenvalue weighted by atomic mass is 16.5. The van der Waals surface area contributed by atoms with Crippen molar-refractivity contribution in [2.45, 2.75) is 38.7 Å². The molecule has 2 rings (SSSR count). The van der Waals surface area contributed by atoms with Crippen molar-refractivity contribution in [1.29, 1.82) is 0 Å². The predicted octanol–water partition coefficient (Wildman–Crippen LogP) is 1.12. The third kappa shape index (κ3) is 5.53. The molecule has 1 saturated heterocycles. The molecular weight excluding hydrogens is 308 g/mol. The highest BCUT2D eigenvalue weighted by Crippen LogP contribution is 2.14. The van der Waals surface area contributed by atoms with Gasteiger partial charge in [-0.05, 0) is 50.3 Å². The van der Waals surface area contributed by atoms with E-state index >= 15 is 0 Å². The molecule has 0 radical (unpaired) electrons. The van der Waals surface area contributed by atoms with E-state index in [1.165, 1.54) is 4.90 Å². The zero-order valence-electron chi connectivity index (χ0n) is 14.2. The van der Waals surface area contributed by atoms with Crippen LogP contribution in [0, 0.1) is 0 Å². The van der Waals surface area contributed by atoms with Gasteiger partial charge >= 0.3 is 0 Å². The second kappa shape index (κ2) is 9.27. The van der Waals surface area contributed by atoms with Gasteiger partial charge in [0.2, 0.25) is 5.91 Å². The summed E-state index contributed by atoms with van der Waals surface area (Å²) in [7, 11) is 0. The summed E-state index contributed by atoms with van der Waals surface area (Å²) < 4.78 is 5.45. The Kier molecular flexibility index (Phi) is 7.06. The molecule has 2 amide bonds. The Labute approximate surface area is 142 Å². The molecule has 1 aromatic carbocycles. The van der Waals surface area contributed by atoms with Gasteiger partial charge < -0.3 is 20.1 Å². The van der Waals surface area contributed by atoms with Crippen molar-refractivity contribution >= 4 is 11.8 Å². The number of ether oxygens (including phenoxy) is 1. The van der Waals surface area contributed by atoms with E-state index in [1.807, 2.05) is 31.2 Å². The van der Waals surface area contributed by atoms with Gasteiger partial charge in [-0.3, -0.25) is 9.59 Å². The van der Waals surface area contributed by atoms with Gasteiger partial charge in [-0.15, -0.1) is 0 Å². The van der Waals surface area contributed by atoms with E-state index in [9.17, 15) is 14.7 Å². The molecule has 1 unspecified atom stereocenters. The van der Waals surface area contributed by atoms with Gasteiger partial charge in [0.15, 0.2) is 0 Å². The van der Waals surface area contributed by atoms with Gasteiger partial charge in [0.05, 0.1) is 13.2 Å². The predicted molar refractivity (Wildman–Crippen MR) is 90.8 cm³/mol. The monoisotopic (exact) mass is 334 g/mol. The zero-order valence-corrected chi connectivity index (χ0v) is 14.2. The normalized spacial score (nSPS) is 18.2. The number of hydrogen-bond acceptors (Lipinski definition) is 4. The molecule has 0 aliphatic carbocycles. The highest BCUT2D eigenvalue weighted by Gasteiger charge is 2.26. The van der Waals surface area contributed by atoms with E-state index in [4.69, 9.17) is 4.74 Å². The molecule has 0 spiro atoms. The number of carbonyl (C=O) groups excluding carboxylic acids is 2. The van der Waals surface area contributed by atoms with Crippen molar-refractivity contribution in [3.63, 3.8) is 0 Å². The van der Waals surface area contributed by atoms with Crippen LogP contribution < -0.4 is 10.1 Å². The van der Waals surface area contributed by atoms with Crippen LogP contribution in [0.3, 0.4) is 0 Å². The lowest BCUT2D eigenvalue weighted by Gasteiger charge is -2.21. The molecule has 1 atom stereocenters. The summed E-state index contributed by atoms with van der Waals surface area (Å²) in [6.07, 6.45) is 1.83. The number of hydrogen-bond donors (Lipinski definition) is 2. The first-order valence-electron chi connectivity index (χ1n) is 8.55. The van der Waals surface area contributed by atoms with Gasteiger partial charge in [0.1, 0.15) is 11.9 Å². The summed E-state index contributed by atoms with van der Waals surface area (Å²) in [6.45, 7) is 3.59. The number of nitrogens with one attached hydrogen (secondary N) is 1. The van der Waals surface area contributed by atoms with Crippen LogP contribution in [0.25, 0.3) is 0 Å². The molecule has 132 valence electrons. The molecule has 0 saturated carbocycles. The van der Waals surface area contributed by atoms with Crippen LogP contribution >= 0.6 is 0 Å².